The molecule has 0 bridgehead atoms. The van der Waals surface area contributed by atoms with Crippen molar-refractivity contribution in [2.45, 2.75) is 12.8 Å². The van der Waals surface area contributed by atoms with Crippen molar-refractivity contribution in [3.63, 3.8) is 0 Å². The molecule has 110 valence electrons. The maximum Gasteiger partial charge on any atom is 0.249 e. The molecule has 5 heteroatoms. The summed E-state index contributed by atoms with van der Waals surface area (Å²) in [6.07, 6.45) is 0.735. The minimum atomic E-state index is 0.0538. The number of aromatic nitrogens is 2. The highest BCUT2D eigenvalue weighted by Gasteiger charge is 2.13. The van der Waals surface area contributed by atoms with Gasteiger partial charge in [0, 0.05) is 18.4 Å². The van der Waals surface area contributed by atoms with Crippen LogP contribution in [0.3, 0.4) is 0 Å². The Kier molecular flexibility index (Phi) is 4.30. The van der Waals surface area contributed by atoms with E-state index >= 15 is 0 Å². The third kappa shape index (κ3) is 3.23. The van der Waals surface area contributed by atoms with E-state index in [0.29, 0.717) is 40.8 Å². The van der Waals surface area contributed by atoms with Gasteiger partial charge in [-0.3, -0.25) is 4.79 Å². The summed E-state index contributed by atoms with van der Waals surface area (Å²) in [6.45, 7) is 0. The van der Waals surface area contributed by atoms with E-state index in [4.69, 9.17) is 16.0 Å². The number of carbonyl (C=O) groups excluding carboxylic acids is 1. The second-order valence-electron chi connectivity index (χ2n) is 4.77. The van der Waals surface area contributed by atoms with Crippen molar-refractivity contribution >= 4 is 17.4 Å². The highest BCUT2D eigenvalue weighted by atomic mass is 35.5. The topological polar surface area (TPSA) is 56.0 Å². The number of aryl methyl sites for hydroxylation is 1. The maximum absolute atomic E-state index is 12.0. The summed E-state index contributed by atoms with van der Waals surface area (Å²) in [5, 5.41) is 8.51. The molecule has 3 rings (SSSR count). The van der Waals surface area contributed by atoms with Gasteiger partial charge in [-0.1, -0.05) is 54.1 Å². The van der Waals surface area contributed by atoms with Gasteiger partial charge in [-0.15, -0.1) is 10.2 Å². The monoisotopic (exact) mass is 312 g/mol. The molecule has 2 aromatic carbocycles. The average Bonchev–Trinajstić information content (AvgIpc) is 3.02. The number of Topliss-reactive ketones (excluding diaryl/α,β-unsaturated/α-hetero) is 1. The summed E-state index contributed by atoms with van der Waals surface area (Å²) < 4.78 is 5.58. The van der Waals surface area contributed by atoms with E-state index in [1.807, 2.05) is 36.4 Å². The Morgan fingerprint density at radius 1 is 1.00 bits per heavy atom. The van der Waals surface area contributed by atoms with Gasteiger partial charge in [0.2, 0.25) is 11.8 Å². The third-order valence-corrected chi connectivity index (χ3v) is 3.56. The molecule has 0 N–H and O–H groups in total. The summed E-state index contributed by atoms with van der Waals surface area (Å²) in [7, 11) is 0. The van der Waals surface area contributed by atoms with Crippen LogP contribution in [-0.2, 0) is 6.42 Å². The zero-order valence-corrected chi connectivity index (χ0v) is 12.5. The van der Waals surface area contributed by atoms with Gasteiger partial charge in [0.1, 0.15) is 0 Å². The Morgan fingerprint density at radius 2 is 1.73 bits per heavy atom. The fraction of sp³-hybridized carbons (Fsp3) is 0.118. The first kappa shape index (κ1) is 14.5. The van der Waals surface area contributed by atoms with Gasteiger partial charge in [-0.05, 0) is 12.1 Å². The van der Waals surface area contributed by atoms with E-state index in [9.17, 15) is 4.79 Å². The molecule has 0 fully saturated rings. The van der Waals surface area contributed by atoms with Crippen LogP contribution in [0.15, 0.2) is 59.0 Å². The zero-order valence-electron chi connectivity index (χ0n) is 11.7. The third-order valence-electron chi connectivity index (χ3n) is 3.23. The summed E-state index contributed by atoms with van der Waals surface area (Å²) in [6, 6.07) is 16.4. The number of benzene rings is 2. The fourth-order valence-electron chi connectivity index (χ4n) is 2.09. The lowest BCUT2D eigenvalue weighted by atomic mass is 10.1. The number of rotatable bonds is 5. The molecule has 0 unspecified atom stereocenters. The van der Waals surface area contributed by atoms with Gasteiger partial charge in [-0.2, -0.15) is 0 Å². The van der Waals surface area contributed by atoms with Gasteiger partial charge >= 0.3 is 0 Å². The highest BCUT2D eigenvalue weighted by molar-refractivity contribution is 6.33. The Balaban J connectivity index is 1.68. The summed E-state index contributed by atoms with van der Waals surface area (Å²) >= 11 is 6.09. The molecular weight excluding hydrogens is 300 g/mol. The Hall–Kier alpha value is -2.46. The molecule has 3 aromatic rings. The van der Waals surface area contributed by atoms with Crippen LogP contribution in [0.2, 0.25) is 5.02 Å². The van der Waals surface area contributed by atoms with Crippen LogP contribution in [-0.4, -0.2) is 16.0 Å². The van der Waals surface area contributed by atoms with Crippen molar-refractivity contribution in [3.8, 4) is 11.5 Å². The number of carbonyl (C=O) groups is 1. The standard InChI is InChI=1S/C17H13ClN2O2/c18-14-9-5-4-8-13(14)17-20-19-16(22-17)11-10-15(21)12-6-2-1-3-7-12/h1-9H,10-11H2. The normalized spacial score (nSPS) is 10.6. The second-order valence-corrected chi connectivity index (χ2v) is 5.18. The Bertz CT molecular complexity index is 784. The van der Waals surface area contributed by atoms with Crippen LogP contribution in [0.25, 0.3) is 11.5 Å². The molecule has 22 heavy (non-hydrogen) atoms. The van der Waals surface area contributed by atoms with Crippen LogP contribution in [0.1, 0.15) is 22.7 Å². The maximum atomic E-state index is 12.0. The van der Waals surface area contributed by atoms with Crippen LogP contribution < -0.4 is 0 Å². The molecular formula is C17H13ClN2O2. The Morgan fingerprint density at radius 3 is 2.50 bits per heavy atom. The first-order valence-electron chi connectivity index (χ1n) is 6.89. The fourth-order valence-corrected chi connectivity index (χ4v) is 2.30. The van der Waals surface area contributed by atoms with Gasteiger partial charge in [0.05, 0.1) is 10.6 Å². The zero-order chi connectivity index (χ0) is 15.4. The minimum Gasteiger partial charge on any atom is -0.421 e. The number of ketones is 1. The van der Waals surface area contributed by atoms with E-state index in [1.54, 1.807) is 18.2 Å². The van der Waals surface area contributed by atoms with Crippen molar-refractivity contribution in [1.29, 1.82) is 0 Å². The lowest BCUT2D eigenvalue weighted by Crippen LogP contribution is -2.00. The van der Waals surface area contributed by atoms with E-state index in [0.717, 1.165) is 0 Å². The molecule has 0 radical (unpaired) electrons. The van der Waals surface area contributed by atoms with Crippen LogP contribution in [0.5, 0.6) is 0 Å². The molecule has 0 amide bonds. The molecule has 0 aliphatic carbocycles. The lowest BCUT2D eigenvalue weighted by molar-refractivity contribution is 0.0980. The molecule has 0 aliphatic rings. The molecule has 0 atom stereocenters. The Labute approximate surface area is 132 Å². The molecule has 0 saturated heterocycles. The number of hydrogen-bond donors (Lipinski definition) is 0. The minimum absolute atomic E-state index is 0.0538. The van der Waals surface area contributed by atoms with Gasteiger partial charge in [-0.25, -0.2) is 0 Å². The molecule has 0 spiro atoms. The SMILES string of the molecule is O=C(CCc1nnc(-c2ccccc2Cl)o1)c1ccccc1. The highest BCUT2D eigenvalue weighted by Crippen LogP contribution is 2.26. The summed E-state index contributed by atoms with van der Waals surface area (Å²) in [5.74, 6) is 0.852. The van der Waals surface area contributed by atoms with Crippen molar-refractivity contribution < 1.29 is 9.21 Å². The summed E-state index contributed by atoms with van der Waals surface area (Å²) in [4.78, 5) is 12.0. The van der Waals surface area contributed by atoms with Crippen molar-refractivity contribution in [2.75, 3.05) is 0 Å². The van der Waals surface area contributed by atoms with Crippen LogP contribution in [0, 0.1) is 0 Å². The number of nitrogens with zero attached hydrogens (tertiary/aromatic N) is 2. The molecule has 0 aliphatic heterocycles. The number of hydrogen-bond acceptors (Lipinski definition) is 4. The van der Waals surface area contributed by atoms with Crippen LogP contribution in [0.4, 0.5) is 0 Å². The first-order chi connectivity index (χ1) is 10.7. The molecule has 0 saturated carbocycles. The molecule has 4 nitrogen and oxygen atoms in total. The predicted molar refractivity (Wildman–Crippen MR) is 83.8 cm³/mol. The van der Waals surface area contributed by atoms with Gasteiger partial charge in [0.15, 0.2) is 5.78 Å². The van der Waals surface area contributed by atoms with E-state index in [1.165, 1.54) is 0 Å². The van der Waals surface area contributed by atoms with Gasteiger partial charge < -0.3 is 4.42 Å². The van der Waals surface area contributed by atoms with Crippen molar-refractivity contribution in [3.05, 3.63) is 71.1 Å². The summed E-state index contributed by atoms with van der Waals surface area (Å²) in [5.41, 5.74) is 1.38. The molecule has 1 heterocycles. The quantitative estimate of drug-likeness (QED) is 0.662. The average molecular weight is 313 g/mol. The largest absolute Gasteiger partial charge is 0.421 e. The van der Waals surface area contributed by atoms with Crippen molar-refractivity contribution in [1.82, 2.24) is 10.2 Å². The van der Waals surface area contributed by atoms with Crippen molar-refractivity contribution in [2.24, 2.45) is 0 Å². The van der Waals surface area contributed by atoms with E-state index < -0.39 is 0 Å². The smallest absolute Gasteiger partial charge is 0.249 e. The van der Waals surface area contributed by atoms with E-state index in [2.05, 4.69) is 10.2 Å². The lowest BCUT2D eigenvalue weighted by Gasteiger charge is -1.98. The predicted octanol–water partition coefficient (Wildman–Crippen LogP) is 4.21. The first-order valence-corrected chi connectivity index (χ1v) is 7.27. The van der Waals surface area contributed by atoms with Crippen LogP contribution >= 0.6 is 11.6 Å². The van der Waals surface area contributed by atoms with Gasteiger partial charge in [0.25, 0.3) is 0 Å². The number of halogens is 1. The molecule has 1 aromatic heterocycles. The van der Waals surface area contributed by atoms with E-state index in [-0.39, 0.29) is 5.78 Å². The second kappa shape index (κ2) is 6.54.